The molecule has 2 rings (SSSR count). The molecule has 98 valence electrons. The second-order valence-electron chi connectivity index (χ2n) is 4.51. The van der Waals surface area contributed by atoms with E-state index < -0.39 is 0 Å². The third-order valence-corrected chi connectivity index (χ3v) is 5.29. The van der Waals surface area contributed by atoms with Crippen molar-refractivity contribution in [2.24, 2.45) is 5.73 Å². The van der Waals surface area contributed by atoms with Gasteiger partial charge in [-0.1, -0.05) is 36.8 Å². The molecule has 1 aliphatic heterocycles. The maximum atomic E-state index is 6.23. The zero-order valence-corrected chi connectivity index (χ0v) is 12.9. The summed E-state index contributed by atoms with van der Waals surface area (Å²) < 4.78 is 0. The molecule has 0 aromatic heterocycles. The number of nitrogens with zero attached hydrogens (tertiary/aromatic N) is 1. The zero-order valence-electron chi connectivity index (χ0n) is 10.5. The summed E-state index contributed by atoms with van der Waals surface area (Å²) in [7, 11) is 0. The van der Waals surface area contributed by atoms with E-state index in [1.54, 1.807) is 0 Å². The van der Waals surface area contributed by atoms with Gasteiger partial charge in [-0.05, 0) is 19.1 Å². The zero-order chi connectivity index (χ0) is 13.3. The van der Waals surface area contributed by atoms with Crippen molar-refractivity contribution in [2.75, 3.05) is 17.2 Å². The highest BCUT2D eigenvalue weighted by molar-refractivity contribution is 8.00. The Morgan fingerprint density at radius 3 is 2.89 bits per heavy atom. The molecule has 1 fully saturated rings. The highest BCUT2D eigenvalue weighted by Gasteiger charge is 2.27. The molecule has 2 atom stereocenters. The Labute approximate surface area is 123 Å². The van der Waals surface area contributed by atoms with Crippen LogP contribution in [0.1, 0.15) is 19.4 Å². The van der Waals surface area contributed by atoms with Crippen LogP contribution in [0.4, 0.5) is 5.69 Å². The largest absolute Gasteiger partial charge is 0.389 e. The van der Waals surface area contributed by atoms with Gasteiger partial charge in [-0.2, -0.15) is 11.8 Å². The van der Waals surface area contributed by atoms with E-state index in [1.807, 2.05) is 23.9 Å². The second kappa shape index (κ2) is 5.68. The van der Waals surface area contributed by atoms with Crippen molar-refractivity contribution >= 4 is 46.3 Å². The van der Waals surface area contributed by atoms with E-state index in [9.17, 15) is 0 Å². The fourth-order valence-electron chi connectivity index (χ4n) is 2.27. The first-order chi connectivity index (χ1) is 8.52. The van der Waals surface area contributed by atoms with E-state index >= 15 is 0 Å². The molecule has 1 aromatic rings. The molecule has 0 spiro atoms. The lowest BCUT2D eigenvalue weighted by Gasteiger charge is -2.40. The van der Waals surface area contributed by atoms with Gasteiger partial charge in [-0.3, -0.25) is 0 Å². The molecule has 18 heavy (non-hydrogen) atoms. The number of anilines is 1. The van der Waals surface area contributed by atoms with Crippen LogP contribution in [0, 0.1) is 0 Å². The Bertz CT molecular complexity index is 464. The topological polar surface area (TPSA) is 29.3 Å². The van der Waals surface area contributed by atoms with Gasteiger partial charge in [-0.15, -0.1) is 0 Å². The first-order valence-electron chi connectivity index (χ1n) is 5.99. The minimum absolute atomic E-state index is 0.369. The number of hydrogen-bond acceptors (Lipinski definition) is 3. The van der Waals surface area contributed by atoms with Gasteiger partial charge in [0.2, 0.25) is 0 Å². The molecular formula is C13H17ClN2S2. The molecule has 2 unspecified atom stereocenters. The Morgan fingerprint density at radius 1 is 1.50 bits per heavy atom. The third kappa shape index (κ3) is 2.60. The van der Waals surface area contributed by atoms with Crippen molar-refractivity contribution in [3.63, 3.8) is 0 Å². The van der Waals surface area contributed by atoms with Crippen molar-refractivity contribution in [1.29, 1.82) is 0 Å². The Balaban J connectivity index is 2.44. The molecule has 0 saturated carbocycles. The minimum atomic E-state index is 0.369. The summed E-state index contributed by atoms with van der Waals surface area (Å²) in [6.45, 7) is 5.50. The average Bonchev–Trinajstić information content (AvgIpc) is 2.32. The van der Waals surface area contributed by atoms with Crippen LogP contribution in [-0.2, 0) is 0 Å². The molecule has 1 aliphatic rings. The number of benzene rings is 1. The molecule has 1 saturated heterocycles. The first-order valence-corrected chi connectivity index (χ1v) is 7.82. The Morgan fingerprint density at radius 2 is 2.22 bits per heavy atom. The summed E-state index contributed by atoms with van der Waals surface area (Å²) >= 11 is 13.4. The Hall–Kier alpha value is -0.450. The predicted octanol–water partition coefficient (Wildman–Crippen LogP) is 3.30. The van der Waals surface area contributed by atoms with Crippen LogP contribution in [0.15, 0.2) is 18.2 Å². The lowest BCUT2D eigenvalue weighted by Crippen LogP contribution is -2.45. The molecule has 5 heteroatoms. The van der Waals surface area contributed by atoms with Crippen molar-refractivity contribution in [3.8, 4) is 0 Å². The summed E-state index contributed by atoms with van der Waals surface area (Å²) in [5.74, 6) is 1.12. The van der Waals surface area contributed by atoms with Gasteiger partial charge in [0.25, 0.3) is 0 Å². The lowest BCUT2D eigenvalue weighted by atomic mass is 10.1. The van der Waals surface area contributed by atoms with Crippen LogP contribution in [0.2, 0.25) is 5.02 Å². The normalized spacial score (nSPS) is 24.1. The molecule has 2 N–H and O–H groups in total. The van der Waals surface area contributed by atoms with Gasteiger partial charge in [-0.25, -0.2) is 0 Å². The smallest absolute Gasteiger partial charge is 0.107 e. The second-order valence-corrected chi connectivity index (χ2v) is 6.84. The molecule has 0 amide bonds. The van der Waals surface area contributed by atoms with Crippen LogP contribution in [-0.4, -0.2) is 28.6 Å². The van der Waals surface area contributed by atoms with Crippen molar-refractivity contribution in [3.05, 3.63) is 28.8 Å². The van der Waals surface area contributed by atoms with Crippen molar-refractivity contribution in [2.45, 2.75) is 25.1 Å². The van der Waals surface area contributed by atoms with Crippen LogP contribution in [0.5, 0.6) is 0 Å². The highest BCUT2D eigenvalue weighted by atomic mass is 35.5. The van der Waals surface area contributed by atoms with Crippen LogP contribution in [0.3, 0.4) is 0 Å². The van der Waals surface area contributed by atoms with E-state index in [0.717, 1.165) is 23.5 Å². The van der Waals surface area contributed by atoms with E-state index in [0.29, 0.717) is 21.3 Å². The van der Waals surface area contributed by atoms with Crippen LogP contribution >= 0.6 is 35.6 Å². The van der Waals surface area contributed by atoms with E-state index in [-0.39, 0.29) is 0 Å². The van der Waals surface area contributed by atoms with Crippen molar-refractivity contribution < 1.29 is 0 Å². The quantitative estimate of drug-likeness (QED) is 0.849. The summed E-state index contributed by atoms with van der Waals surface area (Å²) in [5, 5.41) is 1.23. The highest BCUT2D eigenvalue weighted by Crippen LogP contribution is 2.33. The molecule has 1 heterocycles. The van der Waals surface area contributed by atoms with Crippen LogP contribution in [0.25, 0.3) is 0 Å². The fourth-order valence-corrected chi connectivity index (χ4v) is 3.91. The molecule has 0 radical (unpaired) electrons. The molecule has 0 bridgehead atoms. The summed E-state index contributed by atoms with van der Waals surface area (Å²) in [5.41, 5.74) is 7.69. The third-order valence-electron chi connectivity index (χ3n) is 3.43. The number of thiocarbonyl (C=S) groups is 1. The number of nitrogens with two attached hydrogens (primary N) is 1. The first kappa shape index (κ1) is 14.0. The van der Waals surface area contributed by atoms with Crippen LogP contribution < -0.4 is 10.6 Å². The van der Waals surface area contributed by atoms with E-state index in [2.05, 4.69) is 24.8 Å². The number of halogens is 1. The molecule has 0 aliphatic carbocycles. The predicted molar refractivity (Wildman–Crippen MR) is 86.1 cm³/mol. The molecule has 1 aromatic carbocycles. The van der Waals surface area contributed by atoms with E-state index in [4.69, 9.17) is 29.6 Å². The minimum Gasteiger partial charge on any atom is -0.389 e. The SMILES string of the molecule is CC1SCCN(c2cccc(Cl)c2C(N)=S)C1C. The fraction of sp³-hybridized carbons (Fsp3) is 0.462. The maximum Gasteiger partial charge on any atom is 0.107 e. The van der Waals surface area contributed by atoms with E-state index in [1.165, 1.54) is 0 Å². The number of rotatable bonds is 2. The van der Waals surface area contributed by atoms with Gasteiger partial charge in [0.05, 0.1) is 10.6 Å². The van der Waals surface area contributed by atoms with Gasteiger partial charge in [0, 0.05) is 29.3 Å². The summed E-state index contributed by atoms with van der Waals surface area (Å²) in [4.78, 5) is 2.73. The summed E-state index contributed by atoms with van der Waals surface area (Å²) in [6.07, 6.45) is 0. The van der Waals surface area contributed by atoms with Gasteiger partial charge >= 0.3 is 0 Å². The maximum absolute atomic E-state index is 6.23. The summed E-state index contributed by atoms with van der Waals surface area (Å²) in [6, 6.07) is 6.31. The number of hydrogen-bond donors (Lipinski definition) is 1. The number of thioether (sulfide) groups is 1. The molecule has 2 nitrogen and oxygen atoms in total. The Kier molecular flexibility index (Phi) is 4.41. The monoisotopic (exact) mass is 300 g/mol. The average molecular weight is 301 g/mol. The standard InChI is InChI=1S/C13H17ClN2S2/c1-8-9(2)18-7-6-16(8)11-5-3-4-10(14)12(11)13(15)17/h3-5,8-9H,6-7H2,1-2H3,(H2,15,17). The molecular weight excluding hydrogens is 284 g/mol. The van der Waals surface area contributed by atoms with Crippen molar-refractivity contribution in [1.82, 2.24) is 0 Å². The van der Waals surface area contributed by atoms with Gasteiger partial charge in [0.1, 0.15) is 4.99 Å². The van der Waals surface area contributed by atoms with Gasteiger partial charge < -0.3 is 10.6 Å². The van der Waals surface area contributed by atoms with Gasteiger partial charge in [0.15, 0.2) is 0 Å². The lowest BCUT2D eigenvalue weighted by molar-refractivity contribution is 0.627.